The van der Waals surface area contributed by atoms with E-state index in [2.05, 4.69) is 31.2 Å². The number of hydrogen-bond donors (Lipinski definition) is 1. The van der Waals surface area contributed by atoms with Crippen molar-refractivity contribution < 1.29 is 9.53 Å². The highest BCUT2D eigenvalue weighted by atomic mass is 16.5. The molecule has 1 aromatic carbocycles. The molecule has 1 N–H and O–H groups in total. The zero-order valence-electron chi connectivity index (χ0n) is 16.1. The van der Waals surface area contributed by atoms with Crippen LogP contribution in [0.3, 0.4) is 0 Å². The van der Waals surface area contributed by atoms with Gasteiger partial charge in [0, 0.05) is 57.6 Å². The largest absolute Gasteiger partial charge is 0.493 e. The predicted molar refractivity (Wildman–Crippen MR) is 107 cm³/mol. The SMILES string of the molecule is O=C(NCCN1CCN(c2ncccn2)CC1)[C@H]1CCOc2ccccc2C1. The van der Waals surface area contributed by atoms with Crippen LogP contribution < -0.4 is 15.0 Å². The zero-order chi connectivity index (χ0) is 19.2. The molecule has 7 heteroatoms. The van der Waals surface area contributed by atoms with Crippen molar-refractivity contribution >= 4 is 11.9 Å². The molecule has 4 rings (SSSR count). The van der Waals surface area contributed by atoms with Crippen LogP contribution in [0.2, 0.25) is 0 Å². The lowest BCUT2D eigenvalue weighted by Crippen LogP contribution is -2.49. The second-order valence-corrected chi connectivity index (χ2v) is 7.31. The summed E-state index contributed by atoms with van der Waals surface area (Å²) in [5.74, 6) is 1.83. The third-order valence-electron chi connectivity index (χ3n) is 5.47. The number of hydrogen-bond acceptors (Lipinski definition) is 6. The second-order valence-electron chi connectivity index (χ2n) is 7.31. The van der Waals surface area contributed by atoms with Crippen LogP contribution in [-0.4, -0.2) is 66.7 Å². The van der Waals surface area contributed by atoms with Gasteiger partial charge >= 0.3 is 0 Å². The summed E-state index contributed by atoms with van der Waals surface area (Å²) >= 11 is 0. The van der Waals surface area contributed by atoms with E-state index in [1.807, 2.05) is 24.3 Å². The lowest BCUT2D eigenvalue weighted by Gasteiger charge is -2.34. The Kier molecular flexibility index (Phi) is 6.01. The number of nitrogens with zero attached hydrogens (tertiary/aromatic N) is 4. The van der Waals surface area contributed by atoms with Crippen molar-refractivity contribution in [2.75, 3.05) is 50.8 Å². The van der Waals surface area contributed by atoms with Gasteiger partial charge in [0.2, 0.25) is 11.9 Å². The summed E-state index contributed by atoms with van der Waals surface area (Å²) in [6.45, 7) is 5.88. The van der Waals surface area contributed by atoms with E-state index in [4.69, 9.17) is 4.74 Å². The normalized spacial score (nSPS) is 20.0. The molecule has 0 unspecified atom stereocenters. The first kappa shape index (κ1) is 18.7. The second kappa shape index (κ2) is 9.01. The highest BCUT2D eigenvalue weighted by Gasteiger charge is 2.24. The number of anilines is 1. The van der Waals surface area contributed by atoms with Crippen LogP contribution >= 0.6 is 0 Å². The molecule has 2 aromatic rings. The van der Waals surface area contributed by atoms with E-state index in [1.54, 1.807) is 12.4 Å². The topological polar surface area (TPSA) is 70.6 Å². The number of piperazine rings is 1. The van der Waals surface area contributed by atoms with Gasteiger partial charge in [0.1, 0.15) is 5.75 Å². The van der Waals surface area contributed by atoms with Gasteiger partial charge in [-0.3, -0.25) is 9.69 Å². The number of fused-ring (bicyclic) bond motifs is 1. The fraction of sp³-hybridized carbons (Fsp3) is 0.476. The van der Waals surface area contributed by atoms with Gasteiger partial charge in [-0.15, -0.1) is 0 Å². The number of carbonyl (C=O) groups excluding carboxylic acids is 1. The number of nitrogens with one attached hydrogen (secondary N) is 1. The first-order valence-corrected chi connectivity index (χ1v) is 10.0. The van der Waals surface area contributed by atoms with Crippen molar-refractivity contribution in [3.63, 3.8) is 0 Å². The van der Waals surface area contributed by atoms with Gasteiger partial charge in [-0.2, -0.15) is 0 Å². The van der Waals surface area contributed by atoms with Crippen molar-refractivity contribution in [1.29, 1.82) is 0 Å². The van der Waals surface area contributed by atoms with E-state index in [1.165, 1.54) is 0 Å². The summed E-state index contributed by atoms with van der Waals surface area (Å²) in [4.78, 5) is 25.9. The number of carbonyl (C=O) groups is 1. The average Bonchev–Trinajstić information content (AvgIpc) is 2.97. The Morgan fingerprint density at radius 3 is 2.71 bits per heavy atom. The summed E-state index contributed by atoms with van der Waals surface area (Å²) < 4.78 is 5.77. The van der Waals surface area contributed by atoms with Crippen molar-refractivity contribution in [2.24, 2.45) is 5.92 Å². The molecule has 3 heterocycles. The molecule has 28 heavy (non-hydrogen) atoms. The van der Waals surface area contributed by atoms with Gasteiger partial charge in [0.05, 0.1) is 6.61 Å². The Hall–Kier alpha value is -2.67. The molecule has 0 aliphatic carbocycles. The molecule has 1 aromatic heterocycles. The third kappa shape index (κ3) is 4.59. The Morgan fingerprint density at radius 1 is 1.11 bits per heavy atom. The molecule has 0 saturated carbocycles. The van der Waals surface area contributed by atoms with E-state index in [0.717, 1.165) is 62.8 Å². The number of amides is 1. The van der Waals surface area contributed by atoms with Crippen LogP contribution in [0.5, 0.6) is 5.75 Å². The van der Waals surface area contributed by atoms with Gasteiger partial charge < -0.3 is 15.0 Å². The average molecular weight is 381 g/mol. The first-order valence-electron chi connectivity index (χ1n) is 10.0. The lowest BCUT2D eigenvalue weighted by molar-refractivity contribution is -0.125. The fourth-order valence-electron chi connectivity index (χ4n) is 3.82. The van der Waals surface area contributed by atoms with Crippen LogP contribution in [-0.2, 0) is 11.2 Å². The lowest BCUT2D eigenvalue weighted by atomic mass is 9.96. The summed E-state index contributed by atoms with van der Waals surface area (Å²) in [5.41, 5.74) is 1.12. The van der Waals surface area contributed by atoms with Crippen LogP contribution in [0.25, 0.3) is 0 Å². The van der Waals surface area contributed by atoms with Crippen molar-refractivity contribution in [1.82, 2.24) is 20.2 Å². The Balaban J connectivity index is 1.20. The molecule has 2 aliphatic heterocycles. The predicted octanol–water partition coefficient (Wildman–Crippen LogP) is 1.36. The minimum atomic E-state index is -0.0178. The molecular formula is C21H27N5O2. The van der Waals surface area contributed by atoms with Crippen molar-refractivity contribution in [3.05, 3.63) is 48.3 Å². The molecule has 1 saturated heterocycles. The van der Waals surface area contributed by atoms with E-state index in [0.29, 0.717) is 13.2 Å². The molecule has 0 spiro atoms. The number of rotatable bonds is 5. The van der Waals surface area contributed by atoms with Gasteiger partial charge in [0.25, 0.3) is 0 Å². The Labute approximate surface area is 165 Å². The standard InChI is InChI=1S/C21H27N5O2/c27-20(18-6-15-28-19-5-2-1-4-17(19)16-18)22-9-10-25-11-13-26(14-12-25)21-23-7-3-8-24-21/h1-5,7-8,18H,6,9-16H2,(H,22,27)/t18-/m0/s1. The molecule has 1 amide bonds. The number of aromatic nitrogens is 2. The minimum absolute atomic E-state index is 0.0178. The zero-order valence-corrected chi connectivity index (χ0v) is 16.1. The monoisotopic (exact) mass is 381 g/mol. The van der Waals surface area contributed by atoms with Crippen LogP contribution in [0, 0.1) is 5.92 Å². The maximum Gasteiger partial charge on any atom is 0.225 e. The van der Waals surface area contributed by atoms with Crippen LogP contribution in [0.15, 0.2) is 42.7 Å². The first-order chi connectivity index (χ1) is 13.8. The van der Waals surface area contributed by atoms with E-state index < -0.39 is 0 Å². The maximum absolute atomic E-state index is 12.6. The molecule has 7 nitrogen and oxygen atoms in total. The van der Waals surface area contributed by atoms with Gasteiger partial charge in [0.15, 0.2) is 0 Å². The number of ether oxygens (including phenoxy) is 1. The van der Waals surface area contributed by atoms with Crippen molar-refractivity contribution in [2.45, 2.75) is 12.8 Å². The number of benzene rings is 1. The van der Waals surface area contributed by atoms with Crippen molar-refractivity contribution in [3.8, 4) is 5.75 Å². The molecular weight excluding hydrogens is 354 g/mol. The van der Waals surface area contributed by atoms with Crippen LogP contribution in [0.4, 0.5) is 5.95 Å². The van der Waals surface area contributed by atoms with E-state index in [9.17, 15) is 4.79 Å². The van der Waals surface area contributed by atoms with Crippen LogP contribution in [0.1, 0.15) is 12.0 Å². The smallest absolute Gasteiger partial charge is 0.225 e. The Morgan fingerprint density at radius 2 is 1.89 bits per heavy atom. The number of para-hydroxylation sites is 1. The highest BCUT2D eigenvalue weighted by Crippen LogP contribution is 2.26. The summed E-state index contributed by atoms with van der Waals surface area (Å²) in [7, 11) is 0. The van der Waals surface area contributed by atoms with Gasteiger partial charge in [-0.1, -0.05) is 18.2 Å². The van der Waals surface area contributed by atoms with Gasteiger partial charge in [-0.05, 0) is 30.5 Å². The molecule has 1 fully saturated rings. The highest BCUT2D eigenvalue weighted by molar-refractivity contribution is 5.79. The quantitative estimate of drug-likeness (QED) is 0.843. The maximum atomic E-state index is 12.6. The molecule has 0 bridgehead atoms. The minimum Gasteiger partial charge on any atom is -0.493 e. The molecule has 148 valence electrons. The van der Waals surface area contributed by atoms with E-state index >= 15 is 0 Å². The summed E-state index contributed by atoms with van der Waals surface area (Å²) in [5, 5.41) is 3.13. The summed E-state index contributed by atoms with van der Waals surface area (Å²) in [6.07, 6.45) is 5.07. The third-order valence-corrected chi connectivity index (χ3v) is 5.47. The molecule has 0 radical (unpaired) electrons. The summed E-state index contributed by atoms with van der Waals surface area (Å²) in [6, 6.07) is 9.85. The van der Waals surface area contributed by atoms with E-state index in [-0.39, 0.29) is 11.8 Å². The Bertz CT molecular complexity index is 777. The van der Waals surface area contributed by atoms with Gasteiger partial charge in [-0.25, -0.2) is 9.97 Å². The molecule has 2 aliphatic rings. The fourth-order valence-corrected chi connectivity index (χ4v) is 3.82. The molecule has 1 atom stereocenters.